The summed E-state index contributed by atoms with van der Waals surface area (Å²) >= 11 is 5.91. The van der Waals surface area contributed by atoms with Gasteiger partial charge in [-0.25, -0.2) is 0 Å². The van der Waals surface area contributed by atoms with E-state index in [1.54, 1.807) is 42.5 Å². The number of allylic oxidation sites excluding steroid dienone is 5. The molecule has 1 aromatic carbocycles. The van der Waals surface area contributed by atoms with Crippen molar-refractivity contribution in [2.75, 3.05) is 6.61 Å². The standard InChI is InChI=1S/C25H31ClO5/c1-18(2)31-25(29)11-6-4-3-5-8-19-12-15-24(28)23(19)14-13-21(27)17-30-22-10-7-9-20(26)16-22/h3,5,7,9-10,12-16,18-19,21,23,27H,4,6,8,11,17H2,1-2H3/b5-3-,14-13+/t19-,21+,23+/m0/s1. The highest BCUT2D eigenvalue weighted by Crippen LogP contribution is 2.27. The minimum absolute atomic E-state index is 0.0361. The highest BCUT2D eigenvalue weighted by molar-refractivity contribution is 6.30. The lowest BCUT2D eigenvalue weighted by Crippen LogP contribution is -2.17. The van der Waals surface area contributed by atoms with Crippen LogP contribution in [0, 0.1) is 11.8 Å². The highest BCUT2D eigenvalue weighted by Gasteiger charge is 2.26. The number of ether oxygens (including phenoxy) is 2. The quantitative estimate of drug-likeness (QED) is 0.275. The van der Waals surface area contributed by atoms with E-state index in [-0.39, 0.29) is 36.3 Å². The third-order valence-corrected chi connectivity index (χ3v) is 4.98. The molecule has 3 atom stereocenters. The van der Waals surface area contributed by atoms with E-state index in [2.05, 4.69) is 0 Å². The van der Waals surface area contributed by atoms with Crippen molar-refractivity contribution in [2.24, 2.45) is 11.8 Å². The molecule has 168 valence electrons. The fourth-order valence-electron chi connectivity index (χ4n) is 3.22. The summed E-state index contributed by atoms with van der Waals surface area (Å²) in [6.45, 7) is 3.75. The van der Waals surface area contributed by atoms with Gasteiger partial charge in [-0.3, -0.25) is 9.59 Å². The molecule has 1 aliphatic rings. The van der Waals surface area contributed by atoms with Gasteiger partial charge in [0.15, 0.2) is 5.78 Å². The molecular formula is C25H31ClO5. The van der Waals surface area contributed by atoms with Gasteiger partial charge in [0, 0.05) is 17.4 Å². The van der Waals surface area contributed by atoms with Crippen molar-refractivity contribution in [3.05, 3.63) is 65.7 Å². The lowest BCUT2D eigenvalue weighted by atomic mass is 9.91. The second-order valence-electron chi connectivity index (χ2n) is 7.81. The Morgan fingerprint density at radius 3 is 2.84 bits per heavy atom. The monoisotopic (exact) mass is 446 g/mol. The molecule has 0 radical (unpaired) electrons. The minimum Gasteiger partial charge on any atom is -0.491 e. The second kappa shape index (κ2) is 13.1. The number of aliphatic hydroxyl groups is 1. The summed E-state index contributed by atoms with van der Waals surface area (Å²) in [6, 6.07) is 6.97. The fourth-order valence-corrected chi connectivity index (χ4v) is 3.40. The Labute approximate surface area is 189 Å². The Balaban J connectivity index is 1.73. The van der Waals surface area contributed by atoms with Crippen LogP contribution < -0.4 is 4.74 Å². The van der Waals surface area contributed by atoms with E-state index in [4.69, 9.17) is 21.1 Å². The average molecular weight is 447 g/mol. The van der Waals surface area contributed by atoms with Crippen LogP contribution in [-0.2, 0) is 14.3 Å². The molecule has 1 aliphatic carbocycles. The Bertz CT molecular complexity index is 812. The lowest BCUT2D eigenvalue weighted by Gasteiger charge is -2.14. The van der Waals surface area contributed by atoms with Gasteiger partial charge in [-0.2, -0.15) is 0 Å². The van der Waals surface area contributed by atoms with Crippen LogP contribution in [0.1, 0.15) is 39.5 Å². The Hall–Kier alpha value is -2.37. The van der Waals surface area contributed by atoms with Gasteiger partial charge in [0.1, 0.15) is 18.5 Å². The van der Waals surface area contributed by atoms with Crippen LogP contribution in [0.5, 0.6) is 5.75 Å². The van der Waals surface area contributed by atoms with Gasteiger partial charge in [-0.15, -0.1) is 0 Å². The maximum atomic E-state index is 12.2. The Morgan fingerprint density at radius 2 is 2.10 bits per heavy atom. The molecule has 1 aromatic rings. The largest absolute Gasteiger partial charge is 0.491 e. The first kappa shape index (κ1) is 24.9. The van der Waals surface area contributed by atoms with Crippen molar-refractivity contribution >= 4 is 23.4 Å². The number of carbonyl (C=O) groups is 2. The van der Waals surface area contributed by atoms with Crippen molar-refractivity contribution in [3.63, 3.8) is 0 Å². The van der Waals surface area contributed by atoms with E-state index in [9.17, 15) is 14.7 Å². The fraction of sp³-hybridized carbons (Fsp3) is 0.440. The number of carbonyl (C=O) groups excluding carboxylic acids is 2. The van der Waals surface area contributed by atoms with Crippen LogP contribution in [0.2, 0.25) is 5.02 Å². The number of ketones is 1. The number of aliphatic hydroxyl groups excluding tert-OH is 1. The summed E-state index contributed by atoms with van der Waals surface area (Å²) in [5.41, 5.74) is 0. The third kappa shape index (κ3) is 9.53. The molecule has 0 unspecified atom stereocenters. The van der Waals surface area contributed by atoms with Gasteiger partial charge in [-0.05, 0) is 63.3 Å². The van der Waals surface area contributed by atoms with Crippen molar-refractivity contribution in [3.8, 4) is 5.75 Å². The molecule has 0 aromatic heterocycles. The number of unbranched alkanes of at least 4 members (excludes halogenated alkanes) is 1. The number of hydrogen-bond donors (Lipinski definition) is 1. The molecule has 0 heterocycles. The second-order valence-corrected chi connectivity index (χ2v) is 8.25. The molecule has 31 heavy (non-hydrogen) atoms. The Kier molecular flexibility index (Phi) is 10.5. The van der Waals surface area contributed by atoms with Crippen molar-refractivity contribution < 1.29 is 24.2 Å². The van der Waals surface area contributed by atoms with E-state index >= 15 is 0 Å². The zero-order chi connectivity index (χ0) is 22.6. The minimum atomic E-state index is -0.825. The molecule has 0 saturated carbocycles. The lowest BCUT2D eigenvalue weighted by molar-refractivity contribution is -0.147. The van der Waals surface area contributed by atoms with Gasteiger partial charge in [0.05, 0.1) is 6.10 Å². The molecule has 0 aliphatic heterocycles. The molecule has 1 N–H and O–H groups in total. The molecule has 2 rings (SSSR count). The number of benzene rings is 1. The van der Waals surface area contributed by atoms with Gasteiger partial charge in [-0.1, -0.05) is 48.0 Å². The van der Waals surface area contributed by atoms with Gasteiger partial charge >= 0.3 is 5.97 Å². The molecule has 0 spiro atoms. The van der Waals surface area contributed by atoms with Gasteiger partial charge in [0.2, 0.25) is 0 Å². The van der Waals surface area contributed by atoms with Crippen molar-refractivity contribution in [2.45, 2.75) is 51.7 Å². The van der Waals surface area contributed by atoms with Crippen LogP contribution >= 0.6 is 11.6 Å². The first-order chi connectivity index (χ1) is 14.8. The normalized spacial score (nSPS) is 19.6. The highest BCUT2D eigenvalue weighted by atomic mass is 35.5. The van der Waals surface area contributed by atoms with Gasteiger partial charge < -0.3 is 14.6 Å². The summed E-state index contributed by atoms with van der Waals surface area (Å²) in [7, 11) is 0. The average Bonchev–Trinajstić information content (AvgIpc) is 3.06. The van der Waals surface area contributed by atoms with Crippen molar-refractivity contribution in [1.82, 2.24) is 0 Å². The molecule has 6 heteroatoms. The molecule has 5 nitrogen and oxygen atoms in total. The number of hydrogen-bond acceptors (Lipinski definition) is 5. The van der Waals surface area contributed by atoms with E-state index in [1.807, 2.05) is 32.1 Å². The van der Waals surface area contributed by atoms with E-state index in [0.29, 0.717) is 17.2 Å². The number of halogens is 1. The summed E-state index contributed by atoms with van der Waals surface area (Å²) in [5, 5.41) is 10.7. The predicted octanol–water partition coefficient (Wildman–Crippen LogP) is 5.08. The van der Waals surface area contributed by atoms with Crippen LogP contribution in [-0.4, -0.2) is 35.7 Å². The summed E-state index contributed by atoms with van der Waals surface area (Å²) < 4.78 is 10.6. The molecule has 0 bridgehead atoms. The van der Waals surface area contributed by atoms with Gasteiger partial charge in [0.25, 0.3) is 0 Å². The topological polar surface area (TPSA) is 72.8 Å². The molecular weight excluding hydrogens is 416 g/mol. The van der Waals surface area contributed by atoms with Crippen LogP contribution in [0.15, 0.2) is 60.7 Å². The zero-order valence-corrected chi connectivity index (χ0v) is 18.8. The third-order valence-electron chi connectivity index (χ3n) is 4.75. The number of esters is 1. The van der Waals surface area contributed by atoms with Crippen LogP contribution in [0.4, 0.5) is 0 Å². The summed E-state index contributed by atoms with van der Waals surface area (Å²) in [6.07, 6.45) is 12.7. The van der Waals surface area contributed by atoms with Crippen LogP contribution in [0.25, 0.3) is 0 Å². The smallest absolute Gasteiger partial charge is 0.306 e. The van der Waals surface area contributed by atoms with Crippen molar-refractivity contribution in [1.29, 1.82) is 0 Å². The maximum absolute atomic E-state index is 12.2. The van der Waals surface area contributed by atoms with Crippen LogP contribution in [0.3, 0.4) is 0 Å². The molecule has 0 amide bonds. The van der Waals surface area contributed by atoms with E-state index in [1.165, 1.54) is 0 Å². The first-order valence-electron chi connectivity index (χ1n) is 10.7. The molecule has 0 fully saturated rings. The Morgan fingerprint density at radius 1 is 1.29 bits per heavy atom. The predicted molar refractivity (Wildman–Crippen MR) is 122 cm³/mol. The van der Waals surface area contributed by atoms with E-state index < -0.39 is 6.10 Å². The summed E-state index contributed by atoms with van der Waals surface area (Å²) in [5.74, 6) is 0.224. The van der Waals surface area contributed by atoms with E-state index in [0.717, 1.165) is 19.3 Å². The molecule has 0 saturated heterocycles. The zero-order valence-electron chi connectivity index (χ0n) is 18.1. The number of rotatable bonds is 12. The SMILES string of the molecule is CC(C)OC(=O)CCC/C=C\C[C@H]1C=CC(=O)[C@@H]1/C=C/[C@@H](O)COc1cccc(Cl)c1. The first-order valence-corrected chi connectivity index (χ1v) is 11.0. The summed E-state index contributed by atoms with van der Waals surface area (Å²) in [4.78, 5) is 23.7. The maximum Gasteiger partial charge on any atom is 0.306 e.